The first-order valence-electron chi connectivity index (χ1n) is 16.2. The number of hydrogen-bond donors (Lipinski definition) is 0. The van der Waals surface area contributed by atoms with Gasteiger partial charge in [0.2, 0.25) is 0 Å². The van der Waals surface area contributed by atoms with E-state index in [0.29, 0.717) is 0 Å². The fraction of sp³-hybridized carbons (Fsp3) is 0. The summed E-state index contributed by atoms with van der Waals surface area (Å²) in [5.41, 5.74) is 9.52. The van der Waals surface area contributed by atoms with Gasteiger partial charge in [-0.25, -0.2) is 0 Å². The van der Waals surface area contributed by atoms with Crippen LogP contribution in [0.15, 0.2) is 170 Å². The molecule has 9 rings (SSSR count). The van der Waals surface area contributed by atoms with Crippen LogP contribution in [-0.4, -0.2) is 0 Å². The van der Waals surface area contributed by atoms with Crippen molar-refractivity contribution in [3.8, 4) is 44.5 Å². The standard InChI is InChI=1S/C46H28Cl2/c47-33-13-9-11-31(27-33)45-39-19-5-1-15-35(39)43(36-16-2-6-20-40(36)45)29-23-25-30(26-24-29)44-37-17-3-7-21-41(37)46(32-12-10-14-34(48)28-32)42-22-8-4-18-38(42)44/h1-28H. The molecule has 0 fully saturated rings. The lowest BCUT2D eigenvalue weighted by atomic mass is 9.84. The third-order valence-electron chi connectivity index (χ3n) is 9.55. The zero-order valence-electron chi connectivity index (χ0n) is 25.9. The van der Waals surface area contributed by atoms with Crippen molar-refractivity contribution in [2.75, 3.05) is 0 Å². The molecule has 2 heteroatoms. The lowest BCUT2D eigenvalue weighted by Crippen LogP contribution is -1.92. The quantitative estimate of drug-likeness (QED) is 0.166. The van der Waals surface area contributed by atoms with E-state index in [0.717, 1.165) is 21.2 Å². The molecule has 226 valence electrons. The van der Waals surface area contributed by atoms with E-state index in [1.165, 1.54) is 76.5 Å². The minimum atomic E-state index is 0.737. The predicted molar refractivity (Wildman–Crippen MR) is 208 cm³/mol. The summed E-state index contributed by atoms with van der Waals surface area (Å²) in [6.45, 7) is 0. The maximum Gasteiger partial charge on any atom is 0.0412 e. The van der Waals surface area contributed by atoms with Crippen molar-refractivity contribution < 1.29 is 0 Å². The van der Waals surface area contributed by atoms with E-state index in [4.69, 9.17) is 23.2 Å². The van der Waals surface area contributed by atoms with Crippen LogP contribution in [0.25, 0.3) is 87.6 Å². The molecule has 0 unspecified atom stereocenters. The predicted octanol–water partition coefficient (Wildman–Crippen LogP) is 14.3. The van der Waals surface area contributed by atoms with E-state index in [9.17, 15) is 0 Å². The molecule has 48 heavy (non-hydrogen) atoms. The van der Waals surface area contributed by atoms with Crippen molar-refractivity contribution in [1.29, 1.82) is 0 Å². The van der Waals surface area contributed by atoms with Crippen LogP contribution in [-0.2, 0) is 0 Å². The molecule has 0 heterocycles. The fourth-order valence-corrected chi connectivity index (χ4v) is 7.97. The highest BCUT2D eigenvalue weighted by Gasteiger charge is 2.19. The zero-order chi connectivity index (χ0) is 32.2. The van der Waals surface area contributed by atoms with Gasteiger partial charge in [0.15, 0.2) is 0 Å². The largest absolute Gasteiger partial charge is 0.0843 e. The summed E-state index contributed by atoms with van der Waals surface area (Å²) in [5, 5.41) is 11.2. The van der Waals surface area contributed by atoms with Gasteiger partial charge in [-0.3, -0.25) is 0 Å². The molecule has 9 aromatic rings. The van der Waals surface area contributed by atoms with Crippen molar-refractivity contribution >= 4 is 66.3 Å². The molecule has 9 aromatic carbocycles. The van der Waals surface area contributed by atoms with E-state index in [2.05, 4.69) is 146 Å². The molecule has 0 aliphatic carbocycles. The third-order valence-corrected chi connectivity index (χ3v) is 10.0. The van der Waals surface area contributed by atoms with E-state index < -0.39 is 0 Å². The molecule has 0 amide bonds. The van der Waals surface area contributed by atoms with Crippen LogP contribution in [0.1, 0.15) is 0 Å². The van der Waals surface area contributed by atoms with Crippen molar-refractivity contribution in [1.82, 2.24) is 0 Å². The molecule has 0 aliphatic heterocycles. The number of halogens is 2. The number of benzene rings is 9. The Labute approximate surface area is 289 Å². The molecule has 0 saturated carbocycles. The summed E-state index contributed by atoms with van der Waals surface area (Å²) in [6, 6.07) is 60.5. The molecule has 0 bridgehead atoms. The SMILES string of the molecule is Clc1cccc(-c2c3ccccc3c(-c3ccc(-c4c5ccccc5c(-c5cccc(Cl)c5)c5ccccc45)cc3)c3ccccc23)c1. The molecule has 0 N–H and O–H groups in total. The van der Waals surface area contributed by atoms with Gasteiger partial charge in [-0.05, 0) is 112 Å². The van der Waals surface area contributed by atoms with E-state index >= 15 is 0 Å². The van der Waals surface area contributed by atoms with Crippen molar-refractivity contribution in [3.05, 3.63) is 180 Å². The maximum atomic E-state index is 6.50. The van der Waals surface area contributed by atoms with Gasteiger partial charge < -0.3 is 0 Å². The number of rotatable bonds is 4. The molecule has 0 nitrogen and oxygen atoms in total. The molecule has 0 atom stereocenters. The van der Waals surface area contributed by atoms with Crippen molar-refractivity contribution in [2.24, 2.45) is 0 Å². The zero-order valence-corrected chi connectivity index (χ0v) is 27.4. The van der Waals surface area contributed by atoms with Crippen molar-refractivity contribution in [3.63, 3.8) is 0 Å². The smallest absolute Gasteiger partial charge is 0.0412 e. The Balaban J connectivity index is 1.28. The second-order valence-electron chi connectivity index (χ2n) is 12.3. The van der Waals surface area contributed by atoms with Gasteiger partial charge in [0.05, 0.1) is 0 Å². The van der Waals surface area contributed by atoms with E-state index in [-0.39, 0.29) is 0 Å². The highest BCUT2D eigenvalue weighted by molar-refractivity contribution is 6.32. The lowest BCUT2D eigenvalue weighted by Gasteiger charge is -2.19. The van der Waals surface area contributed by atoms with Crippen LogP contribution >= 0.6 is 23.2 Å². The monoisotopic (exact) mass is 650 g/mol. The van der Waals surface area contributed by atoms with Gasteiger partial charge in [-0.15, -0.1) is 0 Å². The van der Waals surface area contributed by atoms with Gasteiger partial charge in [-0.2, -0.15) is 0 Å². The first kappa shape index (κ1) is 28.8. The van der Waals surface area contributed by atoms with Crippen LogP contribution in [0.2, 0.25) is 10.0 Å². The minimum Gasteiger partial charge on any atom is -0.0843 e. The van der Waals surface area contributed by atoms with Gasteiger partial charge in [0.1, 0.15) is 0 Å². The number of hydrogen-bond acceptors (Lipinski definition) is 0. The first-order chi connectivity index (χ1) is 23.7. The molecule has 0 radical (unpaired) electrons. The topological polar surface area (TPSA) is 0 Å². The Morgan fingerprint density at radius 2 is 0.479 bits per heavy atom. The highest BCUT2D eigenvalue weighted by atomic mass is 35.5. The van der Waals surface area contributed by atoms with E-state index in [1.54, 1.807) is 0 Å². The second-order valence-corrected chi connectivity index (χ2v) is 13.2. The summed E-state index contributed by atoms with van der Waals surface area (Å²) in [5.74, 6) is 0. The Hall–Kier alpha value is -5.40. The number of fused-ring (bicyclic) bond motifs is 4. The van der Waals surface area contributed by atoms with Crippen LogP contribution in [0, 0.1) is 0 Å². The van der Waals surface area contributed by atoms with Crippen LogP contribution in [0.4, 0.5) is 0 Å². The molecule has 0 saturated heterocycles. The fourth-order valence-electron chi connectivity index (χ4n) is 7.59. The Kier molecular flexibility index (Phi) is 7.01. The average molecular weight is 652 g/mol. The van der Waals surface area contributed by atoms with Crippen molar-refractivity contribution in [2.45, 2.75) is 0 Å². The van der Waals surface area contributed by atoms with Gasteiger partial charge >= 0.3 is 0 Å². The Bertz CT molecular complexity index is 2380. The Morgan fingerprint density at radius 3 is 0.729 bits per heavy atom. The average Bonchev–Trinajstić information content (AvgIpc) is 3.13. The van der Waals surface area contributed by atoms with Crippen LogP contribution in [0.3, 0.4) is 0 Å². The summed E-state index contributed by atoms with van der Waals surface area (Å²) in [4.78, 5) is 0. The van der Waals surface area contributed by atoms with Gasteiger partial charge in [-0.1, -0.05) is 169 Å². The first-order valence-corrected chi connectivity index (χ1v) is 16.9. The molecular weight excluding hydrogens is 623 g/mol. The highest BCUT2D eigenvalue weighted by Crippen LogP contribution is 2.46. The van der Waals surface area contributed by atoms with E-state index in [1.807, 2.05) is 24.3 Å². The summed E-state index contributed by atoms with van der Waals surface area (Å²) in [7, 11) is 0. The van der Waals surface area contributed by atoms with Crippen LogP contribution in [0.5, 0.6) is 0 Å². The summed E-state index contributed by atoms with van der Waals surface area (Å²) >= 11 is 13.0. The second kappa shape index (κ2) is 11.7. The molecule has 0 aromatic heterocycles. The third kappa shape index (κ3) is 4.68. The maximum absolute atomic E-state index is 6.50. The van der Waals surface area contributed by atoms with Gasteiger partial charge in [0.25, 0.3) is 0 Å². The molecule has 0 spiro atoms. The molecular formula is C46H28Cl2. The normalized spacial score (nSPS) is 11.5. The lowest BCUT2D eigenvalue weighted by molar-refractivity contribution is 1.63. The summed E-state index contributed by atoms with van der Waals surface area (Å²) < 4.78 is 0. The van der Waals surface area contributed by atoms with Gasteiger partial charge in [0, 0.05) is 10.0 Å². The Morgan fingerprint density at radius 1 is 0.229 bits per heavy atom. The molecule has 0 aliphatic rings. The minimum absolute atomic E-state index is 0.737. The van der Waals surface area contributed by atoms with Crippen LogP contribution < -0.4 is 0 Å². The summed E-state index contributed by atoms with van der Waals surface area (Å²) in [6.07, 6.45) is 0.